The topological polar surface area (TPSA) is 41.9 Å². The maximum atomic E-state index is 4.40. The Bertz CT molecular complexity index is 299. The summed E-state index contributed by atoms with van der Waals surface area (Å²) in [7, 11) is 1.97. The van der Waals surface area contributed by atoms with Crippen LogP contribution in [0.15, 0.2) is 6.20 Å². The Morgan fingerprint density at radius 1 is 1.71 bits per heavy atom. The molecule has 1 aromatic heterocycles. The Morgan fingerprint density at radius 3 is 3.21 bits per heavy atom. The molecule has 0 aliphatic carbocycles. The number of anilines is 1. The van der Waals surface area contributed by atoms with Gasteiger partial charge in [-0.15, -0.1) is 0 Å². The summed E-state index contributed by atoms with van der Waals surface area (Å²) in [5.74, 6) is 0. The number of hydrogen-bond acceptors (Lipinski definition) is 3. The molecule has 0 radical (unpaired) electrons. The number of nitrogens with one attached hydrogen (secondary N) is 2. The van der Waals surface area contributed by atoms with Crippen molar-refractivity contribution < 1.29 is 0 Å². The van der Waals surface area contributed by atoms with Crippen LogP contribution < -0.4 is 10.6 Å². The third-order valence-corrected chi connectivity index (χ3v) is 2.66. The lowest BCUT2D eigenvalue weighted by molar-refractivity contribution is 0.746. The van der Waals surface area contributed by atoms with Gasteiger partial charge in [0.05, 0.1) is 11.4 Å². The highest BCUT2D eigenvalue weighted by atomic mass is 15.3. The van der Waals surface area contributed by atoms with Gasteiger partial charge in [-0.2, -0.15) is 5.10 Å². The van der Waals surface area contributed by atoms with Gasteiger partial charge in [0, 0.05) is 25.8 Å². The molecule has 0 bridgehead atoms. The fraction of sp³-hybridized carbons (Fsp3) is 0.700. The SMILES string of the molecule is CCc1nn(C)cc1NC1CCNC1. The van der Waals surface area contributed by atoms with Gasteiger partial charge >= 0.3 is 0 Å². The molecule has 1 atom stereocenters. The fourth-order valence-electron chi connectivity index (χ4n) is 1.91. The highest BCUT2D eigenvalue weighted by Gasteiger charge is 2.16. The molecule has 2 rings (SSSR count). The molecule has 1 aliphatic rings. The number of aromatic nitrogens is 2. The Hall–Kier alpha value is -1.03. The van der Waals surface area contributed by atoms with Gasteiger partial charge in [-0.25, -0.2) is 0 Å². The second kappa shape index (κ2) is 4.00. The third-order valence-electron chi connectivity index (χ3n) is 2.66. The highest BCUT2D eigenvalue weighted by molar-refractivity contribution is 5.47. The quantitative estimate of drug-likeness (QED) is 0.746. The minimum absolute atomic E-state index is 0.574. The first-order valence-electron chi connectivity index (χ1n) is 5.29. The molecule has 0 spiro atoms. The van der Waals surface area contributed by atoms with E-state index in [1.807, 2.05) is 11.7 Å². The lowest BCUT2D eigenvalue weighted by Gasteiger charge is -2.11. The van der Waals surface area contributed by atoms with E-state index < -0.39 is 0 Å². The molecule has 2 heterocycles. The van der Waals surface area contributed by atoms with Crippen molar-refractivity contribution in [2.75, 3.05) is 18.4 Å². The monoisotopic (exact) mass is 194 g/mol. The normalized spacial score (nSPS) is 21.4. The van der Waals surface area contributed by atoms with E-state index in [4.69, 9.17) is 0 Å². The van der Waals surface area contributed by atoms with Gasteiger partial charge in [-0.3, -0.25) is 4.68 Å². The van der Waals surface area contributed by atoms with E-state index in [1.165, 1.54) is 17.8 Å². The Labute approximate surface area is 84.7 Å². The number of rotatable bonds is 3. The maximum Gasteiger partial charge on any atom is 0.0853 e. The molecule has 4 heteroatoms. The summed E-state index contributed by atoms with van der Waals surface area (Å²) < 4.78 is 1.88. The van der Waals surface area contributed by atoms with Crippen molar-refractivity contribution in [3.05, 3.63) is 11.9 Å². The van der Waals surface area contributed by atoms with Crippen molar-refractivity contribution in [3.8, 4) is 0 Å². The van der Waals surface area contributed by atoms with Gasteiger partial charge in [0.25, 0.3) is 0 Å². The van der Waals surface area contributed by atoms with Crippen LogP contribution in [0, 0.1) is 0 Å². The molecule has 1 unspecified atom stereocenters. The van der Waals surface area contributed by atoms with E-state index in [1.54, 1.807) is 0 Å². The van der Waals surface area contributed by atoms with Crippen LogP contribution in [0.25, 0.3) is 0 Å². The summed E-state index contributed by atoms with van der Waals surface area (Å²) in [5.41, 5.74) is 2.36. The largest absolute Gasteiger partial charge is 0.378 e. The minimum Gasteiger partial charge on any atom is -0.378 e. The lowest BCUT2D eigenvalue weighted by Crippen LogP contribution is -2.22. The van der Waals surface area contributed by atoms with Gasteiger partial charge in [-0.1, -0.05) is 6.92 Å². The Kier molecular flexibility index (Phi) is 2.72. The molecule has 1 saturated heterocycles. The molecule has 4 nitrogen and oxygen atoms in total. The zero-order chi connectivity index (χ0) is 9.97. The molecule has 78 valence electrons. The maximum absolute atomic E-state index is 4.40. The van der Waals surface area contributed by atoms with Crippen molar-refractivity contribution >= 4 is 5.69 Å². The first-order valence-corrected chi connectivity index (χ1v) is 5.29. The van der Waals surface area contributed by atoms with Gasteiger partial charge in [0.15, 0.2) is 0 Å². The van der Waals surface area contributed by atoms with Crippen molar-refractivity contribution in [2.24, 2.45) is 7.05 Å². The zero-order valence-corrected chi connectivity index (χ0v) is 8.88. The summed E-state index contributed by atoms with van der Waals surface area (Å²) >= 11 is 0. The van der Waals surface area contributed by atoms with E-state index in [0.717, 1.165) is 19.5 Å². The number of aryl methyl sites for hydroxylation is 2. The third kappa shape index (κ3) is 1.90. The predicted octanol–water partition coefficient (Wildman–Crippen LogP) is 0.756. The Morgan fingerprint density at radius 2 is 2.57 bits per heavy atom. The van der Waals surface area contributed by atoms with Crippen molar-refractivity contribution in [2.45, 2.75) is 25.8 Å². The van der Waals surface area contributed by atoms with Gasteiger partial charge in [0.1, 0.15) is 0 Å². The van der Waals surface area contributed by atoms with Crippen LogP contribution in [0.2, 0.25) is 0 Å². The van der Waals surface area contributed by atoms with Crippen LogP contribution in [-0.4, -0.2) is 28.9 Å². The number of nitrogens with zero attached hydrogens (tertiary/aromatic N) is 2. The van der Waals surface area contributed by atoms with Crippen LogP contribution in [0.4, 0.5) is 5.69 Å². The molecule has 2 N–H and O–H groups in total. The van der Waals surface area contributed by atoms with Crippen molar-refractivity contribution in [1.82, 2.24) is 15.1 Å². The average molecular weight is 194 g/mol. The van der Waals surface area contributed by atoms with E-state index >= 15 is 0 Å². The van der Waals surface area contributed by atoms with Gasteiger partial charge < -0.3 is 10.6 Å². The molecular weight excluding hydrogens is 176 g/mol. The molecule has 1 aromatic rings. The molecule has 1 aliphatic heterocycles. The average Bonchev–Trinajstić information content (AvgIpc) is 2.76. The molecule has 0 saturated carbocycles. The van der Waals surface area contributed by atoms with Crippen molar-refractivity contribution in [3.63, 3.8) is 0 Å². The smallest absolute Gasteiger partial charge is 0.0853 e. The summed E-state index contributed by atoms with van der Waals surface area (Å²) in [6.45, 7) is 4.33. The summed E-state index contributed by atoms with van der Waals surface area (Å²) in [6, 6.07) is 0.574. The minimum atomic E-state index is 0.574. The zero-order valence-electron chi connectivity index (χ0n) is 8.88. The predicted molar refractivity (Wildman–Crippen MR) is 57.5 cm³/mol. The standard InChI is InChI=1S/C10H18N4/c1-3-9-10(7-14(2)13-9)12-8-4-5-11-6-8/h7-8,11-12H,3-6H2,1-2H3. The van der Waals surface area contributed by atoms with Crippen LogP contribution in [0.3, 0.4) is 0 Å². The molecule has 1 fully saturated rings. The van der Waals surface area contributed by atoms with Crippen LogP contribution in [0.5, 0.6) is 0 Å². The summed E-state index contributed by atoms with van der Waals surface area (Å²) in [6.07, 6.45) is 4.26. The molecule has 14 heavy (non-hydrogen) atoms. The Balaban J connectivity index is 2.06. The second-order valence-corrected chi connectivity index (χ2v) is 3.85. The van der Waals surface area contributed by atoms with Crippen LogP contribution in [-0.2, 0) is 13.5 Å². The lowest BCUT2D eigenvalue weighted by atomic mass is 10.2. The van der Waals surface area contributed by atoms with Crippen molar-refractivity contribution in [1.29, 1.82) is 0 Å². The second-order valence-electron chi connectivity index (χ2n) is 3.85. The first kappa shape index (κ1) is 9.52. The molecule has 0 amide bonds. The summed E-state index contributed by atoms with van der Waals surface area (Å²) in [4.78, 5) is 0. The van der Waals surface area contributed by atoms with E-state index in [-0.39, 0.29) is 0 Å². The van der Waals surface area contributed by atoms with Crippen LogP contribution in [0.1, 0.15) is 19.0 Å². The number of hydrogen-bond donors (Lipinski definition) is 2. The van der Waals surface area contributed by atoms with E-state index in [9.17, 15) is 0 Å². The fourth-order valence-corrected chi connectivity index (χ4v) is 1.91. The molecule has 0 aromatic carbocycles. The van der Waals surface area contributed by atoms with Gasteiger partial charge in [-0.05, 0) is 19.4 Å². The van der Waals surface area contributed by atoms with Gasteiger partial charge in [0.2, 0.25) is 0 Å². The van der Waals surface area contributed by atoms with E-state index in [0.29, 0.717) is 6.04 Å². The highest BCUT2D eigenvalue weighted by Crippen LogP contribution is 2.16. The first-order chi connectivity index (χ1) is 6.79. The van der Waals surface area contributed by atoms with Crippen LogP contribution >= 0.6 is 0 Å². The molecular formula is C10H18N4. The van der Waals surface area contributed by atoms with E-state index in [2.05, 4.69) is 28.9 Å². The summed E-state index contributed by atoms with van der Waals surface area (Å²) in [5, 5.41) is 11.3.